The van der Waals surface area contributed by atoms with E-state index in [4.69, 9.17) is 9.15 Å². The van der Waals surface area contributed by atoms with Gasteiger partial charge in [0, 0.05) is 10.4 Å². The van der Waals surface area contributed by atoms with Gasteiger partial charge in [-0.05, 0) is 37.3 Å². The Morgan fingerprint density at radius 2 is 2.22 bits per heavy atom. The second-order valence-corrected chi connectivity index (χ2v) is 6.00. The number of hydrogen-bond donors (Lipinski definition) is 1. The molecule has 0 aliphatic rings. The summed E-state index contributed by atoms with van der Waals surface area (Å²) in [6.07, 6.45) is 1.62. The lowest BCUT2D eigenvalue weighted by Crippen LogP contribution is -2.22. The summed E-state index contributed by atoms with van der Waals surface area (Å²) in [4.78, 5) is 17.7. The van der Waals surface area contributed by atoms with Gasteiger partial charge in [0.15, 0.2) is 10.8 Å². The number of carbonyl (C=O) groups is 1. The van der Waals surface area contributed by atoms with Crippen molar-refractivity contribution in [3.8, 4) is 16.5 Å². The van der Waals surface area contributed by atoms with Crippen molar-refractivity contribution in [2.24, 2.45) is 0 Å². The minimum absolute atomic E-state index is 0.142. The molecule has 5 nitrogen and oxygen atoms in total. The number of hydrogen-bond acceptors (Lipinski definition) is 5. The molecule has 1 aromatic carbocycles. The number of aryl methyl sites for hydroxylation is 1. The number of benzene rings is 1. The van der Waals surface area contributed by atoms with E-state index in [0.29, 0.717) is 17.9 Å². The second-order valence-electron chi connectivity index (χ2n) is 4.92. The van der Waals surface area contributed by atoms with E-state index in [2.05, 4.69) is 10.3 Å². The average molecular weight is 328 g/mol. The molecule has 1 N–H and O–H groups in total. The summed E-state index contributed by atoms with van der Waals surface area (Å²) < 4.78 is 10.5. The first kappa shape index (κ1) is 15.3. The zero-order chi connectivity index (χ0) is 16.2. The van der Waals surface area contributed by atoms with Crippen LogP contribution in [0.4, 0.5) is 0 Å². The van der Waals surface area contributed by atoms with E-state index in [0.717, 1.165) is 21.3 Å². The number of ether oxygens (including phenoxy) is 1. The molecule has 0 spiro atoms. The van der Waals surface area contributed by atoms with Gasteiger partial charge in [0.1, 0.15) is 5.75 Å². The van der Waals surface area contributed by atoms with Crippen LogP contribution in [0.3, 0.4) is 0 Å². The van der Waals surface area contributed by atoms with Gasteiger partial charge in [0.2, 0.25) is 0 Å². The minimum atomic E-state index is -0.142. The molecule has 0 radical (unpaired) electrons. The summed E-state index contributed by atoms with van der Waals surface area (Å²) in [5.74, 6) is 1.26. The second kappa shape index (κ2) is 6.66. The quantitative estimate of drug-likeness (QED) is 0.776. The molecule has 0 atom stereocenters. The van der Waals surface area contributed by atoms with E-state index in [1.54, 1.807) is 37.6 Å². The van der Waals surface area contributed by atoms with Crippen LogP contribution in [0.25, 0.3) is 10.8 Å². The van der Waals surface area contributed by atoms with Crippen molar-refractivity contribution < 1.29 is 13.9 Å². The maximum atomic E-state index is 12.2. The lowest BCUT2D eigenvalue weighted by atomic mass is 10.2. The largest absolute Gasteiger partial charge is 0.497 e. The van der Waals surface area contributed by atoms with E-state index < -0.39 is 0 Å². The zero-order valence-corrected chi connectivity index (χ0v) is 13.6. The van der Waals surface area contributed by atoms with Crippen molar-refractivity contribution in [2.75, 3.05) is 7.11 Å². The average Bonchev–Trinajstić information content (AvgIpc) is 3.22. The molecule has 0 unspecified atom stereocenters. The number of aromatic nitrogens is 1. The summed E-state index contributed by atoms with van der Waals surface area (Å²) in [6, 6.07) is 10.8. The summed E-state index contributed by atoms with van der Waals surface area (Å²) in [5, 5.41) is 3.73. The molecule has 6 heteroatoms. The Morgan fingerprint density at radius 3 is 2.96 bits per heavy atom. The van der Waals surface area contributed by atoms with Crippen molar-refractivity contribution in [3.05, 3.63) is 58.8 Å². The Balaban J connectivity index is 1.69. The molecule has 0 saturated heterocycles. The van der Waals surface area contributed by atoms with Gasteiger partial charge in [-0.1, -0.05) is 6.07 Å². The number of amides is 1. The number of nitrogens with one attached hydrogen (secondary N) is 1. The van der Waals surface area contributed by atoms with Gasteiger partial charge in [0.25, 0.3) is 5.91 Å². The molecule has 0 saturated carbocycles. The molecule has 0 fully saturated rings. The smallest absolute Gasteiger partial charge is 0.251 e. The highest BCUT2D eigenvalue weighted by Gasteiger charge is 2.13. The summed E-state index contributed by atoms with van der Waals surface area (Å²) in [7, 11) is 1.58. The Bertz CT molecular complexity index is 809. The topological polar surface area (TPSA) is 64.4 Å². The lowest BCUT2D eigenvalue weighted by Gasteiger charge is -2.06. The Labute approximate surface area is 137 Å². The molecule has 3 rings (SSSR count). The Kier molecular flexibility index (Phi) is 4.43. The third-order valence-corrected chi connectivity index (χ3v) is 4.54. The first-order valence-corrected chi connectivity index (χ1v) is 7.91. The fourth-order valence-corrected chi connectivity index (χ4v) is 3.10. The number of nitrogens with zero attached hydrogens (tertiary/aromatic N) is 1. The standard InChI is InChI=1S/C17H16N2O3S/c1-11-15(23-17(19-11)14-7-4-8-22-14)10-18-16(20)12-5-3-6-13(9-12)21-2/h3-9H,10H2,1-2H3,(H,18,20). The minimum Gasteiger partial charge on any atom is -0.497 e. The van der Waals surface area contributed by atoms with Crippen molar-refractivity contribution in [1.29, 1.82) is 0 Å². The van der Waals surface area contributed by atoms with Crippen LogP contribution >= 0.6 is 11.3 Å². The fraction of sp³-hybridized carbons (Fsp3) is 0.176. The zero-order valence-electron chi connectivity index (χ0n) is 12.8. The third kappa shape index (κ3) is 3.43. The van der Waals surface area contributed by atoms with Crippen LogP contribution in [0.1, 0.15) is 20.9 Å². The van der Waals surface area contributed by atoms with Gasteiger partial charge in [0.05, 0.1) is 25.6 Å². The Hall–Kier alpha value is -2.60. The molecule has 1 amide bonds. The van der Waals surface area contributed by atoms with Crippen molar-refractivity contribution in [3.63, 3.8) is 0 Å². The first-order valence-electron chi connectivity index (χ1n) is 7.10. The van der Waals surface area contributed by atoms with Gasteiger partial charge in [-0.25, -0.2) is 4.98 Å². The lowest BCUT2D eigenvalue weighted by molar-refractivity contribution is 0.0951. The Morgan fingerprint density at radius 1 is 1.35 bits per heavy atom. The van der Waals surface area contributed by atoms with Crippen molar-refractivity contribution in [1.82, 2.24) is 10.3 Å². The molecule has 23 heavy (non-hydrogen) atoms. The highest BCUT2D eigenvalue weighted by molar-refractivity contribution is 7.15. The molecule has 118 valence electrons. The van der Waals surface area contributed by atoms with Crippen molar-refractivity contribution in [2.45, 2.75) is 13.5 Å². The van der Waals surface area contributed by atoms with Crippen LogP contribution in [0.2, 0.25) is 0 Å². The number of carbonyl (C=O) groups excluding carboxylic acids is 1. The molecule has 2 aromatic heterocycles. The number of methoxy groups -OCH3 is 1. The molecule has 0 bridgehead atoms. The van der Waals surface area contributed by atoms with Crippen LogP contribution in [0, 0.1) is 6.92 Å². The van der Waals surface area contributed by atoms with E-state index in [9.17, 15) is 4.79 Å². The maximum absolute atomic E-state index is 12.2. The van der Waals surface area contributed by atoms with Crippen molar-refractivity contribution >= 4 is 17.2 Å². The fourth-order valence-electron chi connectivity index (χ4n) is 2.12. The molecular weight excluding hydrogens is 312 g/mol. The summed E-state index contributed by atoms with van der Waals surface area (Å²) in [5.41, 5.74) is 1.46. The monoisotopic (exact) mass is 328 g/mol. The predicted octanol–water partition coefficient (Wildman–Crippen LogP) is 3.65. The van der Waals surface area contributed by atoms with E-state index in [1.807, 2.05) is 19.1 Å². The predicted molar refractivity (Wildman–Crippen MR) is 88.7 cm³/mol. The highest BCUT2D eigenvalue weighted by atomic mass is 32.1. The summed E-state index contributed by atoms with van der Waals surface area (Å²) in [6.45, 7) is 2.36. The van der Waals surface area contributed by atoms with Gasteiger partial charge in [-0.2, -0.15) is 0 Å². The molecule has 3 aromatic rings. The van der Waals surface area contributed by atoms with Crippen LogP contribution in [-0.4, -0.2) is 18.0 Å². The van der Waals surface area contributed by atoms with Crippen LogP contribution < -0.4 is 10.1 Å². The summed E-state index contributed by atoms with van der Waals surface area (Å²) >= 11 is 1.52. The van der Waals surface area contributed by atoms with Crippen LogP contribution in [-0.2, 0) is 6.54 Å². The van der Waals surface area contributed by atoms with Crippen LogP contribution in [0.15, 0.2) is 47.1 Å². The molecule has 2 heterocycles. The molecule has 0 aliphatic carbocycles. The van der Waals surface area contributed by atoms with Gasteiger partial charge in [-0.15, -0.1) is 11.3 Å². The maximum Gasteiger partial charge on any atom is 0.251 e. The third-order valence-electron chi connectivity index (χ3n) is 3.37. The normalized spacial score (nSPS) is 10.5. The van der Waals surface area contributed by atoms with Crippen LogP contribution in [0.5, 0.6) is 5.75 Å². The van der Waals surface area contributed by atoms with E-state index in [-0.39, 0.29) is 5.91 Å². The SMILES string of the molecule is COc1cccc(C(=O)NCc2sc(-c3ccco3)nc2C)c1. The number of thiazole rings is 1. The number of rotatable bonds is 5. The van der Waals surface area contributed by atoms with E-state index >= 15 is 0 Å². The van der Waals surface area contributed by atoms with Gasteiger partial charge in [-0.3, -0.25) is 4.79 Å². The van der Waals surface area contributed by atoms with E-state index in [1.165, 1.54) is 11.3 Å². The number of furan rings is 1. The molecule has 0 aliphatic heterocycles. The van der Waals surface area contributed by atoms with Gasteiger partial charge >= 0.3 is 0 Å². The molecular formula is C17H16N2O3S. The van der Waals surface area contributed by atoms with Gasteiger partial charge < -0.3 is 14.5 Å². The highest BCUT2D eigenvalue weighted by Crippen LogP contribution is 2.28. The first-order chi connectivity index (χ1) is 11.2.